The van der Waals surface area contributed by atoms with Crippen molar-refractivity contribution in [2.24, 2.45) is 0 Å². The average Bonchev–Trinajstić information content (AvgIpc) is 3.34. The Balaban J connectivity index is 1.96. The zero-order valence-corrected chi connectivity index (χ0v) is 16.2. The van der Waals surface area contributed by atoms with Crippen LogP contribution in [0.3, 0.4) is 0 Å². The van der Waals surface area contributed by atoms with E-state index >= 15 is 0 Å². The maximum Gasteiger partial charge on any atom is 0.280 e. The SMILES string of the molecule is COc1ncccc1C1C(=O)N(S(=O)(=O)c2cccs2)c2ccc(C#N)cc21. The van der Waals surface area contributed by atoms with Gasteiger partial charge in [-0.05, 0) is 41.3 Å². The van der Waals surface area contributed by atoms with Crippen molar-refractivity contribution in [3.63, 3.8) is 0 Å². The van der Waals surface area contributed by atoms with Gasteiger partial charge in [-0.2, -0.15) is 13.7 Å². The number of benzene rings is 1. The summed E-state index contributed by atoms with van der Waals surface area (Å²) in [6.07, 6.45) is 1.52. The van der Waals surface area contributed by atoms with Gasteiger partial charge >= 0.3 is 0 Å². The zero-order chi connectivity index (χ0) is 19.9. The minimum Gasteiger partial charge on any atom is -0.481 e. The molecule has 1 unspecified atom stereocenters. The number of carbonyl (C=O) groups excluding carboxylic acids is 1. The number of anilines is 1. The second-order valence-electron chi connectivity index (χ2n) is 5.96. The molecule has 0 radical (unpaired) electrons. The van der Waals surface area contributed by atoms with Gasteiger partial charge in [-0.15, -0.1) is 11.3 Å². The van der Waals surface area contributed by atoms with Crippen LogP contribution in [-0.4, -0.2) is 26.4 Å². The van der Waals surface area contributed by atoms with E-state index in [2.05, 4.69) is 4.98 Å². The van der Waals surface area contributed by atoms with Crippen LogP contribution in [-0.2, 0) is 14.8 Å². The number of ether oxygens (including phenoxy) is 1. The van der Waals surface area contributed by atoms with Crippen LogP contribution in [0.25, 0.3) is 0 Å². The Morgan fingerprint density at radius 3 is 2.71 bits per heavy atom. The molecule has 0 spiro atoms. The highest BCUT2D eigenvalue weighted by molar-refractivity contribution is 7.95. The predicted octanol–water partition coefficient (Wildman–Crippen LogP) is 2.89. The first-order valence-electron chi connectivity index (χ1n) is 8.14. The van der Waals surface area contributed by atoms with Crippen molar-refractivity contribution in [1.82, 2.24) is 4.98 Å². The maximum absolute atomic E-state index is 13.4. The molecule has 0 bridgehead atoms. The van der Waals surface area contributed by atoms with Crippen LogP contribution < -0.4 is 9.04 Å². The Morgan fingerprint density at radius 1 is 1.21 bits per heavy atom. The van der Waals surface area contributed by atoms with Crippen LogP contribution in [0.5, 0.6) is 5.88 Å². The molecule has 9 heteroatoms. The third-order valence-electron chi connectivity index (χ3n) is 4.43. The minimum absolute atomic E-state index is 0.0648. The number of carbonyl (C=O) groups is 1. The zero-order valence-electron chi connectivity index (χ0n) is 14.6. The van der Waals surface area contributed by atoms with Crippen LogP contribution in [0.1, 0.15) is 22.6 Å². The van der Waals surface area contributed by atoms with Crippen LogP contribution in [0.2, 0.25) is 0 Å². The highest BCUT2D eigenvalue weighted by Gasteiger charge is 2.46. The quantitative estimate of drug-likeness (QED) is 0.654. The third-order valence-corrected chi connectivity index (χ3v) is 7.51. The van der Waals surface area contributed by atoms with Crippen molar-refractivity contribution in [2.75, 3.05) is 11.4 Å². The Morgan fingerprint density at radius 2 is 2.04 bits per heavy atom. The molecule has 0 saturated carbocycles. The van der Waals surface area contributed by atoms with E-state index < -0.39 is 21.8 Å². The van der Waals surface area contributed by atoms with Gasteiger partial charge in [0.1, 0.15) is 4.21 Å². The molecule has 4 rings (SSSR count). The van der Waals surface area contributed by atoms with Gasteiger partial charge < -0.3 is 4.74 Å². The topological polar surface area (TPSA) is 100 Å². The Hall–Kier alpha value is -3.22. The van der Waals surface area contributed by atoms with Gasteiger partial charge in [0, 0.05) is 11.8 Å². The van der Waals surface area contributed by atoms with E-state index in [4.69, 9.17) is 4.74 Å². The fourth-order valence-electron chi connectivity index (χ4n) is 3.25. The molecule has 0 fully saturated rings. The summed E-state index contributed by atoms with van der Waals surface area (Å²) in [6, 6.07) is 12.9. The van der Waals surface area contributed by atoms with Gasteiger partial charge in [-0.25, -0.2) is 9.29 Å². The molecule has 1 aliphatic heterocycles. The molecule has 3 heterocycles. The lowest BCUT2D eigenvalue weighted by atomic mass is 9.92. The molecule has 1 amide bonds. The largest absolute Gasteiger partial charge is 0.481 e. The van der Waals surface area contributed by atoms with Gasteiger partial charge in [0.2, 0.25) is 5.88 Å². The Kier molecular flexibility index (Phi) is 4.37. The first-order chi connectivity index (χ1) is 13.5. The fraction of sp³-hybridized carbons (Fsp3) is 0.105. The van der Waals surface area contributed by atoms with Crippen molar-refractivity contribution in [1.29, 1.82) is 5.26 Å². The van der Waals surface area contributed by atoms with Gasteiger partial charge in [0.15, 0.2) is 0 Å². The number of hydrogen-bond donors (Lipinski definition) is 0. The molecule has 1 atom stereocenters. The second-order valence-corrected chi connectivity index (χ2v) is 8.92. The highest BCUT2D eigenvalue weighted by atomic mass is 32.2. The van der Waals surface area contributed by atoms with E-state index in [1.54, 1.807) is 23.6 Å². The molecule has 0 aliphatic carbocycles. The van der Waals surface area contributed by atoms with E-state index in [-0.39, 0.29) is 15.8 Å². The standard InChI is InChI=1S/C19H13N3O4S2/c1-26-18-13(4-2-8-21-18)17-14-10-12(11-20)6-7-15(14)22(19(17)23)28(24,25)16-5-3-9-27-16/h2-10,17H,1H3. The van der Waals surface area contributed by atoms with E-state index in [0.717, 1.165) is 15.6 Å². The van der Waals surface area contributed by atoms with Crippen molar-refractivity contribution < 1.29 is 17.9 Å². The van der Waals surface area contributed by atoms with E-state index in [1.807, 2.05) is 6.07 Å². The molecule has 7 nitrogen and oxygen atoms in total. The molecular weight excluding hydrogens is 398 g/mol. The average molecular weight is 411 g/mol. The Bertz CT molecular complexity index is 1210. The molecule has 0 N–H and O–H groups in total. The molecular formula is C19H13N3O4S2. The van der Waals surface area contributed by atoms with Crippen molar-refractivity contribution in [3.05, 3.63) is 70.7 Å². The Labute approximate surface area is 165 Å². The summed E-state index contributed by atoms with van der Waals surface area (Å²) in [6.45, 7) is 0. The summed E-state index contributed by atoms with van der Waals surface area (Å²) < 4.78 is 32.5. The number of pyridine rings is 1. The van der Waals surface area contributed by atoms with Crippen LogP contribution in [0.4, 0.5) is 5.69 Å². The monoisotopic (exact) mass is 411 g/mol. The fourth-order valence-corrected chi connectivity index (χ4v) is 5.77. The summed E-state index contributed by atoms with van der Waals surface area (Å²) in [5, 5.41) is 10.9. The van der Waals surface area contributed by atoms with Crippen molar-refractivity contribution >= 4 is 33.0 Å². The number of aromatic nitrogens is 1. The number of amides is 1. The van der Waals surface area contributed by atoms with Crippen molar-refractivity contribution in [3.8, 4) is 11.9 Å². The number of methoxy groups -OCH3 is 1. The van der Waals surface area contributed by atoms with Crippen LogP contribution in [0.15, 0.2) is 58.3 Å². The van der Waals surface area contributed by atoms with E-state index in [0.29, 0.717) is 16.7 Å². The number of fused-ring (bicyclic) bond motifs is 1. The molecule has 1 aliphatic rings. The molecule has 2 aromatic heterocycles. The number of nitrogens with zero attached hydrogens (tertiary/aromatic N) is 3. The lowest BCUT2D eigenvalue weighted by Crippen LogP contribution is -2.35. The predicted molar refractivity (Wildman–Crippen MR) is 103 cm³/mol. The second kappa shape index (κ2) is 6.74. The number of sulfonamides is 1. The van der Waals surface area contributed by atoms with E-state index in [1.165, 1.54) is 37.6 Å². The lowest BCUT2D eigenvalue weighted by molar-refractivity contribution is -0.117. The molecule has 0 saturated heterocycles. The van der Waals surface area contributed by atoms with Gasteiger partial charge in [0.25, 0.3) is 15.9 Å². The lowest BCUT2D eigenvalue weighted by Gasteiger charge is -2.17. The minimum atomic E-state index is -4.08. The molecule has 140 valence electrons. The van der Waals surface area contributed by atoms with Gasteiger partial charge in [-0.3, -0.25) is 4.79 Å². The molecule has 3 aromatic rings. The first kappa shape index (κ1) is 18.2. The normalized spacial score (nSPS) is 15.9. The summed E-state index contributed by atoms with van der Waals surface area (Å²) in [5.41, 5.74) is 1.42. The maximum atomic E-state index is 13.4. The van der Waals surface area contributed by atoms with E-state index in [9.17, 15) is 18.5 Å². The summed E-state index contributed by atoms with van der Waals surface area (Å²) in [4.78, 5) is 17.5. The smallest absolute Gasteiger partial charge is 0.280 e. The summed E-state index contributed by atoms with van der Waals surface area (Å²) in [7, 11) is -2.65. The molecule has 28 heavy (non-hydrogen) atoms. The van der Waals surface area contributed by atoms with Crippen LogP contribution in [0, 0.1) is 11.3 Å². The van der Waals surface area contributed by atoms with Crippen molar-refractivity contribution in [2.45, 2.75) is 10.1 Å². The molecule has 1 aromatic carbocycles. The van der Waals surface area contributed by atoms with Gasteiger partial charge in [-0.1, -0.05) is 12.1 Å². The number of thiophene rings is 1. The third kappa shape index (κ3) is 2.66. The first-order valence-corrected chi connectivity index (χ1v) is 10.5. The number of hydrogen-bond acceptors (Lipinski definition) is 7. The highest BCUT2D eigenvalue weighted by Crippen LogP contribution is 2.46. The number of nitriles is 1. The summed E-state index contributed by atoms with van der Waals surface area (Å²) in [5.74, 6) is -1.35. The van der Waals surface area contributed by atoms with Crippen LogP contribution >= 0.6 is 11.3 Å². The summed E-state index contributed by atoms with van der Waals surface area (Å²) >= 11 is 1.03. The number of rotatable bonds is 4. The van der Waals surface area contributed by atoms with Gasteiger partial charge in [0.05, 0.1) is 30.3 Å².